The predicted octanol–water partition coefficient (Wildman–Crippen LogP) is -3.56. The van der Waals surface area contributed by atoms with E-state index in [4.69, 9.17) is 17.2 Å². The van der Waals surface area contributed by atoms with Crippen molar-refractivity contribution in [2.45, 2.75) is 184 Å². The van der Waals surface area contributed by atoms with E-state index in [9.17, 15) is 72.9 Å². The van der Waals surface area contributed by atoms with Gasteiger partial charge in [-0.1, -0.05) is 47.6 Å². The van der Waals surface area contributed by atoms with E-state index >= 15 is 0 Å². The van der Waals surface area contributed by atoms with Crippen molar-refractivity contribution in [2.75, 3.05) is 44.3 Å². The number of nitrogens with two attached hydrogens (primary N) is 3. The first-order valence-corrected chi connectivity index (χ1v) is 31.6. The van der Waals surface area contributed by atoms with Crippen molar-refractivity contribution in [1.82, 2.24) is 57.7 Å². The third-order valence-electron chi connectivity index (χ3n) is 14.7. The highest BCUT2D eigenvalue weighted by molar-refractivity contribution is 8.76. The van der Waals surface area contributed by atoms with Gasteiger partial charge in [0.1, 0.15) is 72.2 Å². The van der Waals surface area contributed by atoms with Gasteiger partial charge < -0.3 is 90.2 Å². The third kappa shape index (κ3) is 22.2. The Bertz CT molecular complexity index is 2530. The van der Waals surface area contributed by atoms with Crippen LogP contribution in [0.1, 0.15) is 111 Å². The maximum atomic E-state index is 14.5. The summed E-state index contributed by atoms with van der Waals surface area (Å²) in [5.74, 6) is -10.7. The van der Waals surface area contributed by atoms with Gasteiger partial charge in [-0.15, -0.1) is 0 Å². The second-order valence-corrected chi connectivity index (χ2v) is 24.8. The Morgan fingerprint density at radius 1 is 0.558 bits per heavy atom. The number of phenols is 1. The zero-order chi connectivity index (χ0) is 63.8. The van der Waals surface area contributed by atoms with Gasteiger partial charge in [0.05, 0.1) is 12.6 Å². The molecule has 1 aromatic rings. The molecule has 3 fully saturated rings. The van der Waals surface area contributed by atoms with Crippen molar-refractivity contribution in [3.05, 3.63) is 29.8 Å². The standard InChI is InChI=1S/C55H88N14O15S2/c1-29(2)24-38-49(77)63-37(13-7-9-21-57)54(82)69-23-11-14-42(69)51(79)60-31(4)45(73)62-36(12-6-8-20-56)47(75)66-40(26-70)50(78)67-41(55(83)84)28-86-85-27-35(58)46(74)64-39(25-33-16-18-34(71)19-17-33)48(76)59-30(3)44(72)61-32(5)53(81)68-22-10-15-43(68)52(80)65-38/h16-19,29-32,35-43,70-71H,6-15,20-28,56-58H2,1-5H3,(H,59,76)(H,60,79)(H,61,72)(H,62,73)(H,63,77)(H,64,74)(H,65,80)(H,66,75)(H,67,78)(H,83,84)/t30-,31-,32-,35-,36-,37-,38-,39-,40-,41-,42-,43?/m0/s1. The molecule has 3 aliphatic heterocycles. The smallest absolute Gasteiger partial charge is 0.327 e. The molecule has 18 N–H and O–H groups in total. The van der Waals surface area contributed by atoms with Crippen LogP contribution in [0.3, 0.4) is 0 Å². The highest BCUT2D eigenvalue weighted by Gasteiger charge is 2.42. The van der Waals surface area contributed by atoms with Crippen molar-refractivity contribution < 1.29 is 72.9 Å². The Kier molecular flexibility index (Phi) is 29.8. The molecule has 3 saturated heterocycles. The number of aliphatic hydroxyl groups excluding tert-OH is 1. The number of nitrogens with one attached hydrogen (secondary N) is 9. The van der Waals surface area contributed by atoms with Crippen molar-refractivity contribution in [3.63, 3.8) is 0 Å². The average Bonchev–Trinajstić information content (AvgIpc) is 4.26. The van der Waals surface area contributed by atoms with Crippen LogP contribution in [-0.4, -0.2) is 213 Å². The summed E-state index contributed by atoms with van der Waals surface area (Å²) < 4.78 is 0. The number of carboxylic acid groups (broad SMARTS) is 1. The highest BCUT2D eigenvalue weighted by Crippen LogP contribution is 2.25. The lowest BCUT2D eigenvalue weighted by atomic mass is 10.0. The molecule has 11 amide bonds. The molecule has 3 heterocycles. The molecule has 3 aliphatic rings. The number of benzene rings is 1. The van der Waals surface area contributed by atoms with E-state index in [0.717, 1.165) is 21.6 Å². The van der Waals surface area contributed by atoms with Crippen LogP contribution in [0.25, 0.3) is 0 Å². The number of aliphatic carboxylic acids is 1. The lowest BCUT2D eigenvalue weighted by molar-refractivity contribution is -0.143. The minimum Gasteiger partial charge on any atom is -0.508 e. The lowest BCUT2D eigenvalue weighted by Crippen LogP contribution is -2.60. The van der Waals surface area contributed by atoms with E-state index < -0.39 is 150 Å². The van der Waals surface area contributed by atoms with Gasteiger partial charge in [0.25, 0.3) is 0 Å². The Hall–Kier alpha value is -6.80. The molecule has 12 atom stereocenters. The van der Waals surface area contributed by atoms with E-state index in [2.05, 4.69) is 47.9 Å². The molecule has 29 nitrogen and oxygen atoms in total. The summed E-state index contributed by atoms with van der Waals surface area (Å²) in [6.07, 6.45) is 2.92. The summed E-state index contributed by atoms with van der Waals surface area (Å²) in [7, 11) is 1.87. The third-order valence-corrected chi connectivity index (χ3v) is 17.2. The van der Waals surface area contributed by atoms with Crippen LogP contribution >= 0.6 is 21.6 Å². The molecule has 0 aliphatic carbocycles. The Labute approximate surface area is 508 Å². The molecule has 480 valence electrons. The van der Waals surface area contributed by atoms with Gasteiger partial charge in [-0.3, -0.25) is 52.7 Å². The fourth-order valence-corrected chi connectivity index (χ4v) is 12.1. The summed E-state index contributed by atoms with van der Waals surface area (Å²) in [6.45, 7) is 7.54. The molecule has 31 heteroatoms. The van der Waals surface area contributed by atoms with Crippen molar-refractivity contribution in [3.8, 4) is 5.75 Å². The van der Waals surface area contributed by atoms with Crippen molar-refractivity contribution >= 4 is 92.5 Å². The number of hydrogen-bond donors (Lipinski definition) is 15. The number of nitrogens with zero attached hydrogens (tertiary/aromatic N) is 2. The van der Waals surface area contributed by atoms with Crippen LogP contribution in [0.5, 0.6) is 5.75 Å². The summed E-state index contributed by atoms with van der Waals surface area (Å²) in [5.41, 5.74) is 18.2. The van der Waals surface area contributed by atoms with Gasteiger partial charge in [0.2, 0.25) is 65.0 Å². The zero-order valence-corrected chi connectivity index (χ0v) is 51.1. The molecule has 0 aromatic heterocycles. The first-order chi connectivity index (χ1) is 40.8. The number of carbonyl (C=O) groups is 12. The number of amides is 11. The minimum atomic E-state index is -1.71. The van der Waals surface area contributed by atoms with E-state index in [1.165, 1.54) is 54.8 Å². The normalized spacial score (nSPS) is 28.5. The van der Waals surface area contributed by atoms with Gasteiger partial charge in [0, 0.05) is 31.0 Å². The fourth-order valence-electron chi connectivity index (χ4n) is 9.84. The van der Waals surface area contributed by atoms with Gasteiger partial charge in [0.15, 0.2) is 0 Å². The number of phenolic OH excluding ortho intramolecular Hbond substituents is 1. The maximum Gasteiger partial charge on any atom is 0.327 e. The first-order valence-electron chi connectivity index (χ1n) is 29.2. The van der Waals surface area contributed by atoms with E-state index in [1.807, 2.05) is 13.8 Å². The number of aliphatic hydroxyl groups is 1. The zero-order valence-electron chi connectivity index (χ0n) is 49.4. The number of unbranched alkanes of at least 4 members (excludes halogenated alkanes) is 2. The molecule has 1 aromatic carbocycles. The summed E-state index contributed by atoms with van der Waals surface area (Å²) in [5, 5.41) is 53.3. The Morgan fingerprint density at radius 3 is 1.58 bits per heavy atom. The van der Waals surface area contributed by atoms with Gasteiger partial charge in [-0.2, -0.15) is 0 Å². The fraction of sp³-hybridized carbons (Fsp3) is 0.673. The molecule has 0 spiro atoms. The topological polar surface area (TPSA) is 458 Å². The van der Waals surface area contributed by atoms with Crippen molar-refractivity contribution in [2.24, 2.45) is 23.1 Å². The van der Waals surface area contributed by atoms with Crippen molar-refractivity contribution in [1.29, 1.82) is 0 Å². The van der Waals surface area contributed by atoms with E-state index in [1.54, 1.807) is 0 Å². The van der Waals surface area contributed by atoms with Crippen LogP contribution in [0.15, 0.2) is 24.3 Å². The predicted molar refractivity (Wildman–Crippen MR) is 319 cm³/mol. The molecule has 0 radical (unpaired) electrons. The molecule has 0 saturated carbocycles. The summed E-state index contributed by atoms with van der Waals surface area (Å²) in [6, 6.07) is -9.88. The Balaban J connectivity index is 1.66. The number of aromatic hydroxyl groups is 1. The lowest BCUT2D eigenvalue weighted by Gasteiger charge is -2.31. The van der Waals surface area contributed by atoms with E-state index in [-0.39, 0.29) is 87.9 Å². The SMILES string of the molecule is CC(C)C[C@@H]1NC(=O)C2CCCN2C(=O)[C@H](C)NC(=O)[C@H](C)NC(=O)[C@H](Cc2ccc(O)cc2)NC(=O)[C@@H](N)CSSC[C@@H](C(=O)O)NC(=O)[C@H](CO)NC(=O)[C@H](CCCCN)NC(=O)[C@H](C)NC(=O)[C@@H]2CCCN2C(=O)[C@H](CCCCN)NC1=O. The Morgan fingerprint density at radius 2 is 1.01 bits per heavy atom. The summed E-state index contributed by atoms with van der Waals surface area (Å²) in [4.78, 5) is 168. The highest BCUT2D eigenvalue weighted by atomic mass is 33.1. The average molecular weight is 1250 g/mol. The van der Waals surface area contributed by atoms with Crippen LogP contribution in [0.2, 0.25) is 0 Å². The maximum absolute atomic E-state index is 14.5. The molecule has 4 rings (SSSR count). The molecular weight excluding hydrogens is 1160 g/mol. The molecule has 86 heavy (non-hydrogen) atoms. The number of carbonyl (C=O) groups excluding carboxylic acids is 11. The van der Waals surface area contributed by atoms with Gasteiger partial charge in [-0.25, -0.2) is 4.79 Å². The largest absolute Gasteiger partial charge is 0.508 e. The monoisotopic (exact) mass is 1250 g/mol. The quantitative estimate of drug-likeness (QED) is 0.0633. The summed E-state index contributed by atoms with van der Waals surface area (Å²) >= 11 is 0. The molecular formula is C55H88N14O15S2. The van der Waals surface area contributed by atoms with Crippen LogP contribution in [-0.2, 0) is 64.0 Å². The van der Waals surface area contributed by atoms with Gasteiger partial charge in [-0.05, 0) is 128 Å². The first kappa shape index (κ1) is 71.7. The van der Waals surface area contributed by atoms with E-state index in [0.29, 0.717) is 44.1 Å². The molecule has 1 unspecified atom stereocenters. The number of hydrogen-bond acceptors (Lipinski definition) is 19. The number of rotatable bonds is 14. The van der Waals surface area contributed by atoms with Gasteiger partial charge >= 0.3 is 5.97 Å². The van der Waals surface area contributed by atoms with Crippen LogP contribution in [0, 0.1) is 5.92 Å². The second-order valence-electron chi connectivity index (χ2n) is 22.2. The minimum absolute atomic E-state index is 0.00691. The second kappa shape index (κ2) is 35.7. The number of carboxylic acids is 1. The van der Waals surface area contributed by atoms with Crippen LogP contribution < -0.4 is 65.1 Å². The number of fused-ring (bicyclic) bond motifs is 2. The van der Waals surface area contributed by atoms with Crippen LogP contribution in [0.4, 0.5) is 0 Å². The molecule has 0 bridgehead atoms.